The molecule has 0 radical (unpaired) electrons. The van der Waals surface area contributed by atoms with Crippen molar-refractivity contribution in [1.82, 2.24) is 0 Å². The average molecular weight is 287 g/mol. The molecule has 102 valence electrons. The minimum absolute atomic E-state index is 0.0672. The Morgan fingerprint density at radius 1 is 1.58 bits per heavy atom. The van der Waals surface area contributed by atoms with Crippen molar-refractivity contribution in [3.05, 3.63) is 22.2 Å². The molecule has 19 heavy (non-hydrogen) atoms. The van der Waals surface area contributed by atoms with Gasteiger partial charge in [-0.15, -0.1) is 0 Å². The first-order valence-corrected chi connectivity index (χ1v) is 5.89. The third-order valence-electron chi connectivity index (χ3n) is 2.58. The van der Waals surface area contributed by atoms with E-state index >= 15 is 0 Å². The summed E-state index contributed by atoms with van der Waals surface area (Å²) in [5, 5.41) is 9.98. The highest BCUT2D eigenvalue weighted by molar-refractivity contribution is 6.33. The van der Waals surface area contributed by atoms with Gasteiger partial charge in [-0.3, -0.25) is 4.79 Å². The first-order chi connectivity index (χ1) is 9.10. The Morgan fingerprint density at radius 3 is 2.89 bits per heavy atom. The monoisotopic (exact) mass is 286 g/mol. The lowest BCUT2D eigenvalue weighted by molar-refractivity contribution is -0.153. The number of benzene rings is 1. The Morgan fingerprint density at radius 2 is 2.26 bits per heavy atom. The molecule has 0 fully saturated rings. The maximum absolute atomic E-state index is 11.5. The van der Waals surface area contributed by atoms with E-state index in [0.717, 1.165) is 0 Å². The molecule has 0 bridgehead atoms. The normalized spacial score (nSPS) is 14.1. The second-order valence-electron chi connectivity index (χ2n) is 3.70. The van der Waals surface area contributed by atoms with E-state index in [1.165, 1.54) is 6.07 Å². The van der Waals surface area contributed by atoms with Gasteiger partial charge in [0.1, 0.15) is 0 Å². The number of fused-ring (bicyclic) bond motifs is 1. The minimum atomic E-state index is -1.55. The van der Waals surface area contributed by atoms with E-state index in [0.29, 0.717) is 6.29 Å². The smallest absolute Gasteiger partial charge is 0.339 e. The zero-order chi connectivity index (χ0) is 14.0. The molecule has 0 saturated heterocycles. The van der Waals surface area contributed by atoms with Crippen molar-refractivity contribution in [3.63, 3.8) is 0 Å². The van der Waals surface area contributed by atoms with Gasteiger partial charge >= 0.3 is 5.97 Å². The molecule has 1 N–H and O–H groups in total. The molecule has 0 saturated carbocycles. The van der Waals surface area contributed by atoms with Crippen molar-refractivity contribution in [1.29, 1.82) is 0 Å². The molecule has 6 nitrogen and oxygen atoms in total. The van der Waals surface area contributed by atoms with E-state index in [1.807, 2.05) is 0 Å². The lowest BCUT2D eigenvalue weighted by Gasteiger charge is -2.13. The highest BCUT2D eigenvalue weighted by Crippen LogP contribution is 2.44. The van der Waals surface area contributed by atoms with Crippen LogP contribution in [0.25, 0.3) is 0 Å². The summed E-state index contributed by atoms with van der Waals surface area (Å²) >= 11 is 5.91. The molecule has 1 aliphatic rings. The number of aldehydes is 1. The Kier molecular flexibility index (Phi) is 3.92. The van der Waals surface area contributed by atoms with E-state index in [9.17, 15) is 14.7 Å². The Bertz CT molecular complexity index is 527. The molecular weight excluding hydrogens is 276 g/mol. The number of aliphatic hydroxyl groups excluding tert-OH is 1. The lowest BCUT2D eigenvalue weighted by atomic mass is 10.0. The number of hydrogen-bond donors (Lipinski definition) is 1. The molecule has 1 heterocycles. The standard InChI is InChI=1S/C12H11ClO6/c1-2-17-12(16)9(15)6-3-8(13)7(4-14)11-10(6)18-5-19-11/h3-4,9,15H,2,5H2,1H3. The first kappa shape index (κ1) is 13.6. The number of rotatable bonds is 4. The molecular formula is C12H11ClO6. The van der Waals surface area contributed by atoms with Crippen molar-refractivity contribution in [2.45, 2.75) is 13.0 Å². The highest BCUT2D eigenvalue weighted by atomic mass is 35.5. The van der Waals surface area contributed by atoms with Crippen LogP contribution < -0.4 is 9.47 Å². The summed E-state index contributed by atoms with van der Waals surface area (Å²) in [5.74, 6) is -0.567. The van der Waals surface area contributed by atoms with Gasteiger partial charge in [0.25, 0.3) is 0 Å². The van der Waals surface area contributed by atoms with Crippen molar-refractivity contribution in [2.75, 3.05) is 13.4 Å². The molecule has 0 aromatic heterocycles. The van der Waals surface area contributed by atoms with Crippen molar-refractivity contribution < 1.29 is 28.9 Å². The molecule has 1 aromatic carbocycles. The minimum Gasteiger partial charge on any atom is -0.464 e. The number of carbonyl (C=O) groups is 2. The van der Waals surface area contributed by atoms with Crippen LogP contribution in [0.2, 0.25) is 5.02 Å². The highest BCUT2D eigenvalue weighted by Gasteiger charge is 2.31. The quantitative estimate of drug-likeness (QED) is 0.667. The van der Waals surface area contributed by atoms with Gasteiger partial charge < -0.3 is 19.3 Å². The van der Waals surface area contributed by atoms with Gasteiger partial charge in [-0.1, -0.05) is 11.6 Å². The maximum atomic E-state index is 11.5. The third kappa shape index (κ3) is 2.36. The van der Waals surface area contributed by atoms with Crippen LogP contribution in [0.1, 0.15) is 28.9 Å². The third-order valence-corrected chi connectivity index (χ3v) is 2.89. The molecule has 7 heteroatoms. The molecule has 0 spiro atoms. The number of halogens is 1. The molecule has 1 aliphatic heterocycles. The van der Waals surface area contributed by atoms with E-state index < -0.39 is 12.1 Å². The summed E-state index contributed by atoms with van der Waals surface area (Å²) < 4.78 is 15.0. The van der Waals surface area contributed by atoms with Crippen molar-refractivity contribution in [3.8, 4) is 11.5 Å². The van der Waals surface area contributed by atoms with Crippen LogP contribution in [0.15, 0.2) is 6.07 Å². The van der Waals surface area contributed by atoms with E-state index in [1.54, 1.807) is 6.92 Å². The molecule has 2 rings (SSSR count). The fraction of sp³-hybridized carbons (Fsp3) is 0.333. The Labute approximate surface area is 113 Å². The van der Waals surface area contributed by atoms with Crippen LogP contribution in [0.3, 0.4) is 0 Å². The summed E-state index contributed by atoms with van der Waals surface area (Å²) in [4.78, 5) is 22.5. The molecule has 0 aliphatic carbocycles. The van der Waals surface area contributed by atoms with Gasteiger partial charge in [-0.25, -0.2) is 4.79 Å². The SMILES string of the molecule is CCOC(=O)C(O)c1cc(Cl)c(C=O)c2c1OCO2. The maximum Gasteiger partial charge on any atom is 0.339 e. The van der Waals surface area contributed by atoms with E-state index in [-0.39, 0.29) is 41.0 Å². The largest absolute Gasteiger partial charge is 0.464 e. The van der Waals surface area contributed by atoms with Crippen LogP contribution in [0.5, 0.6) is 11.5 Å². The number of aliphatic hydroxyl groups is 1. The lowest BCUT2D eigenvalue weighted by Crippen LogP contribution is -2.16. The van der Waals surface area contributed by atoms with Crippen LogP contribution in [0, 0.1) is 0 Å². The van der Waals surface area contributed by atoms with E-state index in [2.05, 4.69) is 0 Å². The summed E-state index contributed by atoms with van der Waals surface area (Å²) in [6, 6.07) is 1.29. The second kappa shape index (κ2) is 5.46. The van der Waals surface area contributed by atoms with Crippen molar-refractivity contribution in [2.24, 2.45) is 0 Å². The Balaban J connectivity index is 2.48. The summed E-state index contributed by atoms with van der Waals surface area (Å²) in [6.45, 7) is 1.64. The predicted molar refractivity (Wildman–Crippen MR) is 64.6 cm³/mol. The van der Waals surface area contributed by atoms with Crippen LogP contribution in [0.4, 0.5) is 0 Å². The van der Waals surface area contributed by atoms with Crippen LogP contribution in [-0.4, -0.2) is 30.8 Å². The second-order valence-corrected chi connectivity index (χ2v) is 4.11. The first-order valence-electron chi connectivity index (χ1n) is 5.52. The van der Waals surface area contributed by atoms with Gasteiger partial charge in [-0.05, 0) is 13.0 Å². The topological polar surface area (TPSA) is 82.1 Å². The molecule has 1 atom stereocenters. The zero-order valence-corrected chi connectivity index (χ0v) is 10.8. The van der Waals surface area contributed by atoms with E-state index in [4.69, 9.17) is 25.8 Å². The fourth-order valence-corrected chi connectivity index (χ4v) is 1.99. The Hall–Kier alpha value is -1.79. The molecule has 1 unspecified atom stereocenters. The fourth-order valence-electron chi connectivity index (χ4n) is 1.74. The summed E-state index contributed by atoms with van der Waals surface area (Å²) in [7, 11) is 0. The predicted octanol–water partition coefficient (Wildman–Crippen LogP) is 1.48. The van der Waals surface area contributed by atoms with Gasteiger partial charge in [0.15, 0.2) is 23.9 Å². The molecule has 1 aromatic rings. The number of esters is 1. The van der Waals surface area contributed by atoms with Gasteiger partial charge in [0, 0.05) is 5.56 Å². The average Bonchev–Trinajstić information content (AvgIpc) is 2.86. The van der Waals surface area contributed by atoms with Crippen molar-refractivity contribution >= 4 is 23.9 Å². The summed E-state index contributed by atoms with van der Waals surface area (Å²) in [5.41, 5.74) is 0.232. The summed E-state index contributed by atoms with van der Waals surface area (Å²) in [6.07, 6.45) is -1.02. The number of carbonyl (C=O) groups excluding carboxylic acids is 2. The van der Waals surface area contributed by atoms with Crippen LogP contribution in [-0.2, 0) is 9.53 Å². The molecule has 0 amide bonds. The number of hydrogen-bond acceptors (Lipinski definition) is 6. The van der Waals surface area contributed by atoms with Crippen LogP contribution >= 0.6 is 11.6 Å². The van der Waals surface area contributed by atoms with Gasteiger partial charge in [0.05, 0.1) is 17.2 Å². The zero-order valence-electron chi connectivity index (χ0n) is 10.0. The van der Waals surface area contributed by atoms with Gasteiger partial charge in [-0.2, -0.15) is 0 Å². The number of ether oxygens (including phenoxy) is 3. The van der Waals surface area contributed by atoms with Gasteiger partial charge in [0.2, 0.25) is 6.79 Å².